The first-order chi connectivity index (χ1) is 7.16. The van der Waals surface area contributed by atoms with E-state index in [9.17, 15) is 0 Å². The van der Waals surface area contributed by atoms with Gasteiger partial charge in [-0.25, -0.2) is 0 Å². The van der Waals surface area contributed by atoms with Gasteiger partial charge in [0.2, 0.25) is 0 Å². The van der Waals surface area contributed by atoms with Gasteiger partial charge in [-0.15, -0.1) is 0 Å². The molecule has 0 amide bonds. The predicted molar refractivity (Wildman–Crippen MR) is 66.4 cm³/mol. The van der Waals surface area contributed by atoms with Crippen molar-refractivity contribution in [3.8, 4) is 0 Å². The van der Waals surface area contributed by atoms with Crippen LogP contribution >= 0.6 is 11.6 Å². The first-order valence-electron chi connectivity index (χ1n) is 5.04. The van der Waals surface area contributed by atoms with Crippen molar-refractivity contribution >= 4 is 22.5 Å². The van der Waals surface area contributed by atoms with Crippen molar-refractivity contribution in [3.63, 3.8) is 0 Å². The quantitative estimate of drug-likeness (QED) is 0.665. The summed E-state index contributed by atoms with van der Waals surface area (Å²) in [6.07, 6.45) is 4.31. The van der Waals surface area contributed by atoms with Crippen LogP contribution in [0.3, 0.4) is 0 Å². The predicted octanol–water partition coefficient (Wildman–Crippen LogP) is 4.26. The molecule has 1 aromatic carbocycles. The lowest BCUT2D eigenvalue weighted by molar-refractivity contribution is 0.856. The van der Waals surface area contributed by atoms with Gasteiger partial charge in [0.25, 0.3) is 0 Å². The second-order valence-corrected chi connectivity index (χ2v) is 4.39. The molecule has 0 aliphatic heterocycles. The number of halogens is 1. The van der Waals surface area contributed by atoms with Crippen LogP contribution in [0.4, 0.5) is 0 Å². The third-order valence-electron chi connectivity index (χ3n) is 2.43. The zero-order valence-electron chi connectivity index (χ0n) is 9.00. The first-order valence-corrected chi connectivity index (χ1v) is 5.42. The lowest BCUT2D eigenvalue weighted by Gasteiger charge is -2.02. The summed E-state index contributed by atoms with van der Waals surface area (Å²) in [6.45, 7) is 5.13. The molecule has 0 saturated carbocycles. The molecule has 0 aliphatic rings. The Balaban J connectivity index is 2.43. The summed E-state index contributed by atoms with van der Waals surface area (Å²) >= 11 is 5.98. The average molecular weight is 220 g/mol. The van der Waals surface area contributed by atoms with Gasteiger partial charge in [-0.1, -0.05) is 29.3 Å². The van der Waals surface area contributed by atoms with E-state index in [4.69, 9.17) is 11.6 Å². The second kappa shape index (κ2) is 4.11. The highest BCUT2D eigenvalue weighted by molar-refractivity contribution is 6.31. The van der Waals surface area contributed by atoms with Gasteiger partial charge in [0.15, 0.2) is 0 Å². The van der Waals surface area contributed by atoms with Crippen LogP contribution in [-0.4, -0.2) is 4.57 Å². The number of hydrogen-bond acceptors (Lipinski definition) is 0. The summed E-state index contributed by atoms with van der Waals surface area (Å²) in [5, 5.41) is 2.03. The summed E-state index contributed by atoms with van der Waals surface area (Å²) in [5.74, 6) is 0. The van der Waals surface area contributed by atoms with Crippen molar-refractivity contribution < 1.29 is 0 Å². The zero-order chi connectivity index (χ0) is 10.8. The molecule has 2 aromatic rings. The van der Waals surface area contributed by atoms with Crippen LogP contribution in [0.5, 0.6) is 0 Å². The van der Waals surface area contributed by atoms with Gasteiger partial charge >= 0.3 is 0 Å². The van der Waals surface area contributed by atoms with Crippen molar-refractivity contribution in [1.82, 2.24) is 4.57 Å². The van der Waals surface area contributed by atoms with Gasteiger partial charge in [0.05, 0.1) is 0 Å². The fraction of sp³-hybridized carbons (Fsp3) is 0.231. The highest BCUT2D eigenvalue weighted by Crippen LogP contribution is 2.20. The van der Waals surface area contributed by atoms with Crippen LogP contribution in [0, 0.1) is 0 Å². The molecule has 0 aliphatic carbocycles. The Morgan fingerprint density at radius 3 is 2.87 bits per heavy atom. The van der Waals surface area contributed by atoms with Crippen molar-refractivity contribution in [2.45, 2.75) is 20.4 Å². The van der Waals surface area contributed by atoms with E-state index >= 15 is 0 Å². The smallest absolute Gasteiger partial charge is 0.0498 e. The van der Waals surface area contributed by atoms with Gasteiger partial charge in [0.1, 0.15) is 0 Å². The number of benzene rings is 1. The van der Waals surface area contributed by atoms with E-state index in [1.807, 2.05) is 12.1 Å². The lowest BCUT2D eigenvalue weighted by atomic mass is 10.2. The van der Waals surface area contributed by atoms with Gasteiger partial charge < -0.3 is 4.57 Å². The maximum Gasteiger partial charge on any atom is 0.0498 e. The molecule has 0 bridgehead atoms. The third-order valence-corrected chi connectivity index (χ3v) is 2.67. The minimum atomic E-state index is 0.791. The molecule has 2 heteroatoms. The molecule has 0 saturated heterocycles. The summed E-state index contributed by atoms with van der Waals surface area (Å²) < 4.78 is 2.20. The Morgan fingerprint density at radius 2 is 2.13 bits per heavy atom. The van der Waals surface area contributed by atoms with Gasteiger partial charge in [-0.2, -0.15) is 0 Å². The van der Waals surface area contributed by atoms with Crippen LogP contribution in [0.25, 0.3) is 10.9 Å². The van der Waals surface area contributed by atoms with E-state index in [-0.39, 0.29) is 0 Å². The molecule has 78 valence electrons. The highest BCUT2D eigenvalue weighted by Gasteiger charge is 1.99. The summed E-state index contributed by atoms with van der Waals surface area (Å²) in [4.78, 5) is 0. The Morgan fingerprint density at radius 1 is 1.33 bits per heavy atom. The fourth-order valence-corrected chi connectivity index (χ4v) is 1.76. The Bertz CT molecular complexity index is 504. The molecule has 0 unspecified atom stereocenters. The normalized spacial score (nSPS) is 10.6. The van der Waals surface area contributed by atoms with Gasteiger partial charge in [-0.3, -0.25) is 0 Å². The molecule has 1 nitrogen and oxygen atoms in total. The molecule has 0 radical (unpaired) electrons. The van der Waals surface area contributed by atoms with Crippen LogP contribution in [0.1, 0.15) is 13.8 Å². The number of hydrogen-bond donors (Lipinski definition) is 0. The maximum absolute atomic E-state index is 5.98. The minimum Gasteiger partial charge on any atom is -0.344 e. The van der Waals surface area contributed by atoms with E-state index in [0.717, 1.165) is 11.6 Å². The zero-order valence-corrected chi connectivity index (χ0v) is 9.75. The Labute approximate surface area is 95.0 Å². The fourth-order valence-electron chi connectivity index (χ4n) is 1.60. The molecule has 1 heterocycles. The largest absolute Gasteiger partial charge is 0.344 e. The van der Waals surface area contributed by atoms with Crippen LogP contribution < -0.4 is 0 Å². The van der Waals surface area contributed by atoms with Gasteiger partial charge in [-0.05, 0) is 37.4 Å². The molecule has 0 N–H and O–H groups in total. The van der Waals surface area contributed by atoms with Crippen LogP contribution in [-0.2, 0) is 6.54 Å². The van der Waals surface area contributed by atoms with E-state index < -0.39 is 0 Å². The molecule has 0 spiro atoms. The summed E-state index contributed by atoms with van der Waals surface area (Å²) in [7, 11) is 0. The number of fused-ring (bicyclic) bond motifs is 1. The average Bonchev–Trinajstić information content (AvgIpc) is 2.57. The van der Waals surface area contributed by atoms with E-state index in [2.05, 4.69) is 42.8 Å². The molecular weight excluding hydrogens is 206 g/mol. The summed E-state index contributed by atoms with van der Waals surface area (Å²) in [6, 6.07) is 8.10. The number of rotatable bonds is 2. The molecule has 2 rings (SSSR count). The van der Waals surface area contributed by atoms with E-state index in [1.165, 1.54) is 16.5 Å². The third kappa shape index (κ3) is 2.24. The van der Waals surface area contributed by atoms with Crippen molar-refractivity contribution in [1.29, 1.82) is 0 Å². The van der Waals surface area contributed by atoms with Crippen molar-refractivity contribution in [2.24, 2.45) is 0 Å². The molecule has 0 fully saturated rings. The van der Waals surface area contributed by atoms with Crippen molar-refractivity contribution in [2.75, 3.05) is 0 Å². The molecule has 0 atom stereocenters. The minimum absolute atomic E-state index is 0.791. The van der Waals surface area contributed by atoms with Crippen LogP contribution in [0.15, 0.2) is 42.1 Å². The van der Waals surface area contributed by atoms with Crippen molar-refractivity contribution in [3.05, 3.63) is 47.1 Å². The first kappa shape index (κ1) is 10.3. The molecule has 1 aromatic heterocycles. The topological polar surface area (TPSA) is 4.93 Å². The molecule has 15 heavy (non-hydrogen) atoms. The van der Waals surface area contributed by atoms with Gasteiger partial charge in [0, 0.05) is 23.3 Å². The van der Waals surface area contributed by atoms with E-state index in [0.29, 0.717) is 0 Å². The molecular formula is C13H14ClN. The van der Waals surface area contributed by atoms with E-state index in [1.54, 1.807) is 0 Å². The Hall–Kier alpha value is -1.21. The SMILES string of the molecule is CC(C)=CCn1ccc2ccc(Cl)cc21. The lowest BCUT2D eigenvalue weighted by Crippen LogP contribution is -1.92. The summed E-state index contributed by atoms with van der Waals surface area (Å²) in [5.41, 5.74) is 2.53. The number of aromatic nitrogens is 1. The maximum atomic E-state index is 5.98. The number of allylic oxidation sites excluding steroid dienone is 2. The standard InChI is InChI=1S/C13H14ClN/c1-10(2)5-7-15-8-6-11-3-4-12(14)9-13(11)15/h3-6,8-9H,7H2,1-2H3. The highest BCUT2D eigenvalue weighted by atomic mass is 35.5. The number of nitrogens with zero attached hydrogens (tertiary/aromatic N) is 1. The Kier molecular flexibility index (Phi) is 2.83. The monoisotopic (exact) mass is 219 g/mol. The van der Waals surface area contributed by atoms with Crippen LogP contribution in [0.2, 0.25) is 5.02 Å². The second-order valence-electron chi connectivity index (χ2n) is 3.95.